The lowest BCUT2D eigenvalue weighted by Gasteiger charge is -2.47. The standard InChI is InChI=1S/C41H56N2O11/c1-22-20-40(7,49-17-13-14-28-19-29-15-11-12-16-30(29)42-21-28)35(52-38-34(46)31(43(9)10)18-23(2)50-38)25(4)33(45)26(5)37(47)51-27(6)41(8)36(24(3)32(22)44)53-39(48)54-41/h11-16,19,21-27,31,34-36,38,46H,17-18,20H2,1-10H3/b14-13-/t22-,23-,24+,25+,26-,27-,31+,34-,35-,36-,38+,40+,41-/m1/s1. The maximum absolute atomic E-state index is 14.3. The number of aliphatic hydroxyl groups is 1. The fourth-order valence-corrected chi connectivity index (χ4v) is 8.20. The molecule has 1 aromatic heterocycles. The predicted molar refractivity (Wildman–Crippen MR) is 199 cm³/mol. The van der Waals surface area contributed by atoms with Gasteiger partial charge in [0.25, 0.3) is 0 Å². The minimum Gasteiger partial charge on any atom is -0.458 e. The number of nitrogens with zero attached hydrogens (tertiary/aromatic N) is 2. The maximum Gasteiger partial charge on any atom is 0.509 e. The van der Waals surface area contributed by atoms with E-state index in [2.05, 4.69) is 4.98 Å². The smallest absolute Gasteiger partial charge is 0.458 e. The average molecular weight is 753 g/mol. The molecule has 0 bridgehead atoms. The molecule has 54 heavy (non-hydrogen) atoms. The molecule has 13 atom stereocenters. The molecule has 13 heteroatoms. The molecule has 5 rings (SSSR count). The van der Waals surface area contributed by atoms with E-state index in [0.29, 0.717) is 6.42 Å². The Labute approximate surface area is 317 Å². The number of carbonyl (C=O) groups excluding carboxylic acids is 4. The Kier molecular flexibility index (Phi) is 12.7. The highest BCUT2D eigenvalue weighted by molar-refractivity contribution is 6.00. The van der Waals surface area contributed by atoms with Crippen molar-refractivity contribution in [3.8, 4) is 0 Å². The summed E-state index contributed by atoms with van der Waals surface area (Å²) in [6, 6.07) is 9.49. The molecular formula is C41H56N2O11. The minimum atomic E-state index is -1.50. The number of aromatic nitrogens is 1. The van der Waals surface area contributed by atoms with Crippen LogP contribution in [0.2, 0.25) is 0 Å². The Balaban J connectivity index is 1.55. The number of aliphatic hydroxyl groups excluding tert-OH is 1. The van der Waals surface area contributed by atoms with Gasteiger partial charge in [-0.1, -0.05) is 51.1 Å². The van der Waals surface area contributed by atoms with Crippen molar-refractivity contribution in [2.24, 2.45) is 23.7 Å². The Morgan fingerprint density at radius 3 is 2.39 bits per heavy atom. The van der Waals surface area contributed by atoms with Crippen LogP contribution in [0.25, 0.3) is 17.0 Å². The number of para-hydroxylation sites is 1. The van der Waals surface area contributed by atoms with E-state index < -0.39 is 83.5 Å². The number of hydrogen-bond donors (Lipinski definition) is 1. The lowest BCUT2D eigenvalue weighted by atomic mass is 9.74. The Bertz CT molecular complexity index is 1730. The van der Waals surface area contributed by atoms with Crippen molar-refractivity contribution >= 4 is 40.7 Å². The van der Waals surface area contributed by atoms with Crippen LogP contribution in [0, 0.1) is 23.7 Å². The molecule has 0 amide bonds. The number of rotatable bonds is 7. The van der Waals surface area contributed by atoms with Gasteiger partial charge in [0, 0.05) is 29.5 Å². The highest BCUT2D eigenvalue weighted by atomic mass is 16.8. The van der Waals surface area contributed by atoms with Crippen molar-refractivity contribution in [2.75, 3.05) is 20.7 Å². The van der Waals surface area contributed by atoms with Gasteiger partial charge in [-0.25, -0.2) is 4.79 Å². The number of carbonyl (C=O) groups is 4. The van der Waals surface area contributed by atoms with Crippen LogP contribution < -0.4 is 0 Å². The summed E-state index contributed by atoms with van der Waals surface area (Å²) in [4.78, 5) is 61.2. The Morgan fingerprint density at radius 2 is 1.69 bits per heavy atom. The van der Waals surface area contributed by atoms with Crippen molar-refractivity contribution < 1.29 is 52.7 Å². The van der Waals surface area contributed by atoms with Gasteiger partial charge in [-0.05, 0) is 79.3 Å². The van der Waals surface area contributed by atoms with Crippen LogP contribution in [0.5, 0.6) is 0 Å². The average Bonchev–Trinajstić information content (AvgIpc) is 3.45. The first-order valence-electron chi connectivity index (χ1n) is 18.8. The molecule has 3 aliphatic heterocycles. The summed E-state index contributed by atoms with van der Waals surface area (Å²) in [6.45, 7) is 13.3. The van der Waals surface area contributed by atoms with Crippen molar-refractivity contribution in [3.63, 3.8) is 0 Å². The van der Waals surface area contributed by atoms with E-state index in [9.17, 15) is 24.3 Å². The van der Waals surface area contributed by atoms with Crippen LogP contribution in [0.3, 0.4) is 0 Å². The zero-order chi connectivity index (χ0) is 39.7. The number of fused-ring (bicyclic) bond motifs is 2. The molecule has 1 N–H and O–H groups in total. The third-order valence-corrected chi connectivity index (χ3v) is 11.6. The van der Waals surface area contributed by atoms with Crippen LogP contribution in [0.1, 0.15) is 73.8 Å². The molecule has 0 unspecified atom stereocenters. The Morgan fingerprint density at radius 1 is 0.981 bits per heavy atom. The molecule has 3 saturated heterocycles. The number of hydrogen-bond acceptors (Lipinski definition) is 13. The van der Waals surface area contributed by atoms with Gasteiger partial charge in [0.05, 0.1) is 35.9 Å². The van der Waals surface area contributed by atoms with Crippen molar-refractivity contribution in [1.29, 1.82) is 0 Å². The third kappa shape index (κ3) is 8.55. The zero-order valence-corrected chi connectivity index (χ0v) is 33.0. The molecule has 296 valence electrons. The van der Waals surface area contributed by atoms with Crippen LogP contribution in [-0.4, -0.2) is 113 Å². The second-order valence-electron chi connectivity index (χ2n) is 16.0. The van der Waals surface area contributed by atoms with Gasteiger partial charge < -0.3 is 38.4 Å². The topological polar surface area (TPSA) is 160 Å². The largest absolute Gasteiger partial charge is 0.509 e. The molecule has 1 aromatic carbocycles. The van der Waals surface area contributed by atoms with Crippen molar-refractivity contribution in [2.45, 2.75) is 122 Å². The highest BCUT2D eigenvalue weighted by Crippen LogP contribution is 2.41. The number of benzene rings is 1. The van der Waals surface area contributed by atoms with Gasteiger partial charge in [-0.15, -0.1) is 0 Å². The monoisotopic (exact) mass is 752 g/mol. The minimum absolute atomic E-state index is 0.0482. The van der Waals surface area contributed by atoms with Crippen molar-refractivity contribution in [1.82, 2.24) is 9.88 Å². The number of Topliss-reactive ketones (excluding diaryl/α,β-unsaturated/α-hetero) is 2. The summed E-state index contributed by atoms with van der Waals surface area (Å²) in [5.41, 5.74) is -1.15. The van der Waals surface area contributed by atoms with Gasteiger partial charge in [0.2, 0.25) is 0 Å². The second-order valence-corrected chi connectivity index (χ2v) is 16.0. The molecule has 0 radical (unpaired) electrons. The van der Waals surface area contributed by atoms with Crippen LogP contribution in [0.4, 0.5) is 4.79 Å². The summed E-state index contributed by atoms with van der Waals surface area (Å²) in [7, 11) is 3.73. The van der Waals surface area contributed by atoms with E-state index in [4.69, 9.17) is 28.4 Å². The van der Waals surface area contributed by atoms with E-state index in [1.54, 1.807) is 47.7 Å². The predicted octanol–water partition coefficient (Wildman–Crippen LogP) is 5.15. The van der Waals surface area contributed by atoms with Gasteiger partial charge in [-0.2, -0.15) is 0 Å². The molecule has 0 saturated carbocycles. The van der Waals surface area contributed by atoms with Crippen LogP contribution in [0.15, 0.2) is 42.6 Å². The van der Waals surface area contributed by atoms with Gasteiger partial charge in [0.1, 0.15) is 23.9 Å². The molecule has 13 nitrogen and oxygen atoms in total. The first kappa shape index (κ1) is 41.4. The number of likely N-dealkylation sites (N-methyl/N-ethyl adjacent to an activating group) is 1. The van der Waals surface area contributed by atoms with E-state index in [0.717, 1.165) is 16.5 Å². The van der Waals surface area contributed by atoms with Gasteiger partial charge in [-0.3, -0.25) is 19.4 Å². The first-order chi connectivity index (χ1) is 25.4. The summed E-state index contributed by atoms with van der Waals surface area (Å²) in [6.07, 6.45) is -0.710. The van der Waals surface area contributed by atoms with E-state index >= 15 is 0 Å². The zero-order valence-electron chi connectivity index (χ0n) is 33.0. The fraction of sp³-hybridized carbons (Fsp3) is 0.634. The van der Waals surface area contributed by atoms with Crippen LogP contribution >= 0.6 is 0 Å². The SMILES string of the molecule is C[C@H]1C(=O)O[C@H](C)[C@@]2(C)OC(=O)O[C@@H]2[C@@H](C)C(=O)[C@H](C)C[C@](C)(OC/C=C\c2cnc3ccccc3c2)[C@H](O[C@@H]2O[C@H](C)C[C@H](N(C)C)[C@H]2O)[C@@H](C)C1=O. The normalized spacial score (nSPS) is 38.6. The van der Waals surface area contributed by atoms with Gasteiger partial charge >= 0.3 is 12.1 Å². The van der Waals surface area contributed by atoms with E-state index in [-0.39, 0.29) is 31.0 Å². The molecule has 0 spiro atoms. The number of pyridine rings is 1. The first-order valence-corrected chi connectivity index (χ1v) is 18.8. The number of cyclic esters (lactones) is 1. The summed E-state index contributed by atoms with van der Waals surface area (Å²) < 4.78 is 36.4. The molecule has 2 aromatic rings. The molecule has 4 heterocycles. The number of ketones is 2. The van der Waals surface area contributed by atoms with Gasteiger partial charge in [0.15, 0.2) is 23.8 Å². The number of esters is 1. The molecule has 0 aliphatic carbocycles. The Hall–Kier alpha value is -3.75. The maximum atomic E-state index is 14.3. The third-order valence-electron chi connectivity index (χ3n) is 11.6. The fourth-order valence-electron chi connectivity index (χ4n) is 8.20. The summed E-state index contributed by atoms with van der Waals surface area (Å²) >= 11 is 0. The lowest BCUT2D eigenvalue weighted by molar-refractivity contribution is -0.296. The lowest BCUT2D eigenvalue weighted by Crippen LogP contribution is -2.59. The van der Waals surface area contributed by atoms with Crippen molar-refractivity contribution in [3.05, 3.63) is 48.2 Å². The summed E-state index contributed by atoms with van der Waals surface area (Å²) in [5, 5.41) is 12.5. The van der Waals surface area contributed by atoms with Crippen LogP contribution in [-0.2, 0) is 42.8 Å². The molecule has 3 fully saturated rings. The number of ether oxygens (including phenoxy) is 6. The van der Waals surface area contributed by atoms with E-state index in [1.165, 1.54) is 6.92 Å². The summed E-state index contributed by atoms with van der Waals surface area (Å²) in [5.74, 6) is -5.44. The van der Waals surface area contributed by atoms with E-state index in [1.807, 2.05) is 68.4 Å². The molecular weight excluding hydrogens is 696 g/mol. The quantitative estimate of drug-likeness (QED) is 0.293. The second kappa shape index (κ2) is 16.5. The highest BCUT2D eigenvalue weighted by Gasteiger charge is 2.58. The molecule has 3 aliphatic rings.